The number of tetrazole rings is 1. The van der Waals surface area contributed by atoms with E-state index in [0.29, 0.717) is 0 Å². The summed E-state index contributed by atoms with van der Waals surface area (Å²) in [6, 6.07) is 0. The zero-order valence-electron chi connectivity index (χ0n) is 9.02. The summed E-state index contributed by atoms with van der Waals surface area (Å²) in [5, 5.41) is 15.7. The van der Waals surface area contributed by atoms with Gasteiger partial charge in [-0.3, -0.25) is 0 Å². The van der Waals surface area contributed by atoms with Gasteiger partial charge in [0, 0.05) is 12.8 Å². The van der Waals surface area contributed by atoms with Gasteiger partial charge in [0.15, 0.2) is 0 Å². The molecular formula is C9H17N5S. The van der Waals surface area contributed by atoms with Crippen molar-refractivity contribution in [3.8, 4) is 0 Å². The molecule has 0 atom stereocenters. The number of aryl methyl sites for hydroxylation is 1. The summed E-state index contributed by atoms with van der Waals surface area (Å²) in [6.07, 6.45) is 3.91. The van der Waals surface area contributed by atoms with Crippen molar-refractivity contribution in [2.45, 2.75) is 24.4 Å². The van der Waals surface area contributed by atoms with Gasteiger partial charge in [0.25, 0.3) is 0 Å². The Morgan fingerprint density at radius 3 is 2.93 bits per heavy atom. The van der Waals surface area contributed by atoms with Gasteiger partial charge in [-0.2, -0.15) is 0 Å². The van der Waals surface area contributed by atoms with Crippen LogP contribution in [0.1, 0.15) is 19.3 Å². The second-order valence-electron chi connectivity index (χ2n) is 3.92. The van der Waals surface area contributed by atoms with Gasteiger partial charge in [0.2, 0.25) is 5.16 Å². The van der Waals surface area contributed by atoms with E-state index in [1.807, 2.05) is 7.05 Å². The van der Waals surface area contributed by atoms with Gasteiger partial charge < -0.3 is 5.32 Å². The third-order valence-electron chi connectivity index (χ3n) is 2.80. The molecule has 5 nitrogen and oxygen atoms in total. The van der Waals surface area contributed by atoms with E-state index in [-0.39, 0.29) is 0 Å². The number of hydrogen-bond donors (Lipinski definition) is 1. The average Bonchev–Trinajstić information content (AvgIpc) is 2.66. The summed E-state index contributed by atoms with van der Waals surface area (Å²) in [7, 11) is 1.88. The molecule has 0 amide bonds. The van der Waals surface area contributed by atoms with Crippen LogP contribution in [0.3, 0.4) is 0 Å². The number of piperidine rings is 1. The molecule has 1 saturated heterocycles. The Balaban J connectivity index is 1.68. The van der Waals surface area contributed by atoms with Crippen LogP contribution in [0.2, 0.25) is 0 Å². The number of nitrogens with zero attached hydrogens (tertiary/aromatic N) is 4. The smallest absolute Gasteiger partial charge is 0.209 e. The number of hydrogen-bond acceptors (Lipinski definition) is 5. The first kappa shape index (κ1) is 10.9. The third kappa shape index (κ3) is 3.17. The molecule has 1 aromatic rings. The van der Waals surface area contributed by atoms with Crippen molar-refractivity contribution in [2.75, 3.05) is 18.8 Å². The Morgan fingerprint density at radius 1 is 1.47 bits per heavy atom. The average molecular weight is 227 g/mol. The summed E-state index contributed by atoms with van der Waals surface area (Å²) in [5.74, 6) is 2.01. The molecular weight excluding hydrogens is 210 g/mol. The molecule has 6 heteroatoms. The van der Waals surface area contributed by atoms with Crippen molar-refractivity contribution in [1.82, 2.24) is 25.5 Å². The zero-order valence-corrected chi connectivity index (χ0v) is 9.83. The highest BCUT2D eigenvalue weighted by Crippen LogP contribution is 2.21. The number of aromatic nitrogens is 4. The molecule has 1 aromatic heterocycles. The Bertz CT molecular complexity index is 294. The highest BCUT2D eigenvalue weighted by molar-refractivity contribution is 7.99. The van der Waals surface area contributed by atoms with Crippen LogP contribution in [0, 0.1) is 5.92 Å². The van der Waals surface area contributed by atoms with Crippen LogP contribution >= 0.6 is 11.8 Å². The lowest BCUT2D eigenvalue weighted by atomic mass is 9.96. The molecule has 1 N–H and O–H groups in total. The minimum absolute atomic E-state index is 0.889. The maximum atomic E-state index is 3.95. The van der Waals surface area contributed by atoms with Crippen molar-refractivity contribution in [1.29, 1.82) is 0 Å². The second-order valence-corrected chi connectivity index (χ2v) is 4.98. The van der Waals surface area contributed by atoms with Crippen molar-refractivity contribution in [2.24, 2.45) is 13.0 Å². The largest absolute Gasteiger partial charge is 0.317 e. The zero-order chi connectivity index (χ0) is 10.5. The van der Waals surface area contributed by atoms with Crippen molar-refractivity contribution in [3.05, 3.63) is 0 Å². The van der Waals surface area contributed by atoms with Crippen LogP contribution < -0.4 is 5.32 Å². The molecule has 84 valence electrons. The Morgan fingerprint density at radius 2 is 2.27 bits per heavy atom. The second kappa shape index (κ2) is 5.46. The molecule has 0 unspecified atom stereocenters. The van der Waals surface area contributed by atoms with E-state index < -0.39 is 0 Å². The predicted molar refractivity (Wildman–Crippen MR) is 59.7 cm³/mol. The first-order chi connectivity index (χ1) is 7.36. The Kier molecular flexibility index (Phi) is 3.96. The molecule has 1 aliphatic rings. The van der Waals surface area contributed by atoms with Gasteiger partial charge in [-0.25, -0.2) is 4.68 Å². The highest BCUT2D eigenvalue weighted by Gasteiger charge is 2.13. The highest BCUT2D eigenvalue weighted by atomic mass is 32.2. The number of nitrogens with one attached hydrogen (secondary N) is 1. The van der Waals surface area contributed by atoms with E-state index in [4.69, 9.17) is 0 Å². The summed E-state index contributed by atoms with van der Waals surface area (Å²) in [6.45, 7) is 2.36. The van der Waals surface area contributed by atoms with Crippen LogP contribution in [0.4, 0.5) is 0 Å². The van der Waals surface area contributed by atoms with Gasteiger partial charge >= 0.3 is 0 Å². The normalized spacial score (nSPS) is 18.2. The first-order valence-corrected chi connectivity index (χ1v) is 6.40. The summed E-state index contributed by atoms with van der Waals surface area (Å²) < 4.78 is 1.73. The molecule has 0 bridgehead atoms. The minimum atomic E-state index is 0.889. The molecule has 0 radical (unpaired) electrons. The molecule has 2 rings (SSSR count). The van der Waals surface area contributed by atoms with E-state index in [0.717, 1.165) is 16.8 Å². The van der Waals surface area contributed by atoms with Crippen LogP contribution in [-0.4, -0.2) is 39.0 Å². The van der Waals surface area contributed by atoms with Crippen LogP contribution in [-0.2, 0) is 7.05 Å². The number of thioether (sulfide) groups is 1. The maximum absolute atomic E-state index is 3.95. The molecule has 0 saturated carbocycles. The van der Waals surface area contributed by atoms with Crippen molar-refractivity contribution >= 4 is 11.8 Å². The standard InChI is InChI=1S/C9H17N5S/c1-14-9(11-12-13-14)15-7-4-8-2-5-10-6-3-8/h8,10H,2-7H2,1H3. The van der Waals surface area contributed by atoms with Gasteiger partial charge in [-0.05, 0) is 48.7 Å². The number of rotatable bonds is 4. The fourth-order valence-corrected chi connectivity index (χ4v) is 2.78. The maximum Gasteiger partial charge on any atom is 0.209 e. The quantitative estimate of drug-likeness (QED) is 0.767. The van der Waals surface area contributed by atoms with Gasteiger partial charge in [0.05, 0.1) is 0 Å². The lowest BCUT2D eigenvalue weighted by Gasteiger charge is -2.21. The lowest BCUT2D eigenvalue weighted by Crippen LogP contribution is -2.27. The molecule has 2 heterocycles. The SMILES string of the molecule is Cn1nnnc1SCCC1CCNCC1. The lowest BCUT2D eigenvalue weighted by molar-refractivity contribution is 0.367. The van der Waals surface area contributed by atoms with Gasteiger partial charge in [-0.1, -0.05) is 11.8 Å². The van der Waals surface area contributed by atoms with Gasteiger partial charge in [0.1, 0.15) is 0 Å². The van der Waals surface area contributed by atoms with E-state index in [1.54, 1.807) is 16.4 Å². The molecule has 0 aliphatic carbocycles. The minimum Gasteiger partial charge on any atom is -0.317 e. The Labute approximate surface area is 94.0 Å². The van der Waals surface area contributed by atoms with Gasteiger partial charge in [-0.15, -0.1) is 5.10 Å². The third-order valence-corrected chi connectivity index (χ3v) is 3.84. The van der Waals surface area contributed by atoms with E-state index >= 15 is 0 Å². The summed E-state index contributed by atoms with van der Waals surface area (Å²) >= 11 is 1.75. The first-order valence-electron chi connectivity index (χ1n) is 5.42. The van der Waals surface area contributed by atoms with E-state index in [9.17, 15) is 0 Å². The van der Waals surface area contributed by atoms with E-state index in [2.05, 4.69) is 20.8 Å². The summed E-state index contributed by atoms with van der Waals surface area (Å²) in [5.41, 5.74) is 0. The van der Waals surface area contributed by atoms with Crippen LogP contribution in [0.15, 0.2) is 5.16 Å². The summed E-state index contributed by atoms with van der Waals surface area (Å²) in [4.78, 5) is 0. The Hall–Kier alpha value is -0.620. The van der Waals surface area contributed by atoms with Crippen molar-refractivity contribution in [3.63, 3.8) is 0 Å². The molecule has 0 spiro atoms. The van der Waals surface area contributed by atoms with Crippen LogP contribution in [0.25, 0.3) is 0 Å². The topological polar surface area (TPSA) is 55.6 Å². The molecule has 1 aliphatic heterocycles. The fourth-order valence-electron chi connectivity index (χ4n) is 1.83. The van der Waals surface area contributed by atoms with Crippen LogP contribution in [0.5, 0.6) is 0 Å². The monoisotopic (exact) mass is 227 g/mol. The van der Waals surface area contributed by atoms with E-state index in [1.165, 1.54) is 32.4 Å². The van der Waals surface area contributed by atoms with Crippen molar-refractivity contribution < 1.29 is 0 Å². The molecule has 15 heavy (non-hydrogen) atoms. The molecule has 1 fully saturated rings. The predicted octanol–water partition coefficient (Wildman–Crippen LogP) is 0.692. The fraction of sp³-hybridized carbons (Fsp3) is 0.889. The molecule has 0 aromatic carbocycles.